The largest absolute Gasteiger partial charge is 0.379 e. The molecule has 0 bridgehead atoms. The minimum atomic E-state index is -0.0586. The SMILES string of the molecule is CCc1nc(C(=O)N2CCC(N3CCOCC3)C2)n[nH]1. The van der Waals surface area contributed by atoms with Crippen molar-refractivity contribution >= 4 is 5.91 Å². The second-order valence-electron chi connectivity index (χ2n) is 5.30. The number of aromatic nitrogens is 3. The molecule has 3 rings (SSSR count). The van der Waals surface area contributed by atoms with E-state index in [0.29, 0.717) is 11.9 Å². The first-order valence-electron chi connectivity index (χ1n) is 7.30. The Labute approximate surface area is 118 Å². The van der Waals surface area contributed by atoms with Gasteiger partial charge < -0.3 is 9.64 Å². The average Bonchev–Trinajstić information content (AvgIpc) is 3.17. The molecule has 7 heteroatoms. The molecule has 0 aliphatic carbocycles. The van der Waals surface area contributed by atoms with E-state index in [-0.39, 0.29) is 5.91 Å². The summed E-state index contributed by atoms with van der Waals surface area (Å²) in [6.07, 6.45) is 1.79. The Morgan fingerprint density at radius 1 is 1.40 bits per heavy atom. The molecule has 1 N–H and O–H groups in total. The molecule has 110 valence electrons. The summed E-state index contributed by atoms with van der Waals surface area (Å²) in [7, 11) is 0. The second kappa shape index (κ2) is 5.88. The minimum Gasteiger partial charge on any atom is -0.379 e. The van der Waals surface area contributed by atoms with Crippen LogP contribution in [0.3, 0.4) is 0 Å². The number of aromatic amines is 1. The predicted molar refractivity (Wildman–Crippen MR) is 72.5 cm³/mol. The number of morpholine rings is 1. The number of nitrogens with one attached hydrogen (secondary N) is 1. The van der Waals surface area contributed by atoms with Gasteiger partial charge in [-0.1, -0.05) is 6.92 Å². The van der Waals surface area contributed by atoms with E-state index in [0.717, 1.165) is 58.1 Å². The molecule has 2 fully saturated rings. The van der Waals surface area contributed by atoms with Gasteiger partial charge in [-0.15, -0.1) is 5.10 Å². The van der Waals surface area contributed by atoms with Gasteiger partial charge in [-0.25, -0.2) is 4.98 Å². The summed E-state index contributed by atoms with van der Waals surface area (Å²) in [5.41, 5.74) is 0. The van der Waals surface area contributed by atoms with Crippen LogP contribution in [-0.4, -0.2) is 76.3 Å². The molecule has 1 unspecified atom stereocenters. The number of carbonyl (C=O) groups excluding carboxylic acids is 1. The third-order valence-corrected chi connectivity index (χ3v) is 4.07. The Morgan fingerprint density at radius 3 is 2.90 bits per heavy atom. The van der Waals surface area contributed by atoms with Crippen molar-refractivity contribution in [2.75, 3.05) is 39.4 Å². The number of likely N-dealkylation sites (tertiary alicyclic amines) is 1. The lowest BCUT2D eigenvalue weighted by molar-refractivity contribution is 0.0184. The lowest BCUT2D eigenvalue weighted by atomic mass is 10.2. The van der Waals surface area contributed by atoms with Crippen LogP contribution in [0.15, 0.2) is 0 Å². The number of amides is 1. The van der Waals surface area contributed by atoms with Gasteiger partial charge in [0.15, 0.2) is 0 Å². The van der Waals surface area contributed by atoms with E-state index in [9.17, 15) is 4.79 Å². The Morgan fingerprint density at radius 2 is 2.20 bits per heavy atom. The molecule has 1 aromatic rings. The smallest absolute Gasteiger partial charge is 0.293 e. The zero-order valence-corrected chi connectivity index (χ0v) is 11.8. The molecule has 2 aliphatic rings. The quantitative estimate of drug-likeness (QED) is 0.837. The van der Waals surface area contributed by atoms with Gasteiger partial charge in [-0.2, -0.15) is 0 Å². The molecule has 20 heavy (non-hydrogen) atoms. The van der Waals surface area contributed by atoms with E-state index in [1.54, 1.807) is 0 Å². The zero-order chi connectivity index (χ0) is 13.9. The van der Waals surface area contributed by atoms with Gasteiger partial charge in [0.25, 0.3) is 5.91 Å². The molecule has 1 amide bonds. The number of ether oxygens (including phenoxy) is 1. The van der Waals surface area contributed by atoms with Crippen LogP contribution in [0.2, 0.25) is 0 Å². The molecule has 0 spiro atoms. The van der Waals surface area contributed by atoms with Crippen LogP contribution in [0, 0.1) is 0 Å². The topological polar surface area (TPSA) is 74.3 Å². The summed E-state index contributed by atoms with van der Waals surface area (Å²) in [5, 5.41) is 6.81. The van der Waals surface area contributed by atoms with E-state index in [2.05, 4.69) is 20.1 Å². The molecular weight excluding hydrogens is 258 g/mol. The number of nitrogens with zero attached hydrogens (tertiary/aromatic N) is 4. The summed E-state index contributed by atoms with van der Waals surface area (Å²) < 4.78 is 5.37. The van der Waals surface area contributed by atoms with Gasteiger partial charge in [0, 0.05) is 38.6 Å². The molecule has 2 saturated heterocycles. The Bertz CT molecular complexity index is 469. The molecule has 7 nitrogen and oxygen atoms in total. The van der Waals surface area contributed by atoms with Crippen molar-refractivity contribution in [2.24, 2.45) is 0 Å². The van der Waals surface area contributed by atoms with E-state index in [1.807, 2.05) is 11.8 Å². The number of carbonyl (C=O) groups is 1. The lowest BCUT2D eigenvalue weighted by Gasteiger charge is -2.31. The van der Waals surface area contributed by atoms with Gasteiger partial charge >= 0.3 is 0 Å². The Balaban J connectivity index is 1.60. The number of H-pyrrole nitrogens is 1. The standard InChI is InChI=1S/C13H21N5O2/c1-2-11-14-12(16-15-11)13(19)18-4-3-10(9-18)17-5-7-20-8-6-17/h10H,2-9H2,1H3,(H,14,15,16). The summed E-state index contributed by atoms with van der Waals surface area (Å²) in [5.74, 6) is 0.999. The van der Waals surface area contributed by atoms with E-state index in [1.165, 1.54) is 0 Å². The van der Waals surface area contributed by atoms with Crippen LogP contribution >= 0.6 is 0 Å². The third kappa shape index (κ3) is 2.69. The van der Waals surface area contributed by atoms with Crippen LogP contribution in [0.5, 0.6) is 0 Å². The van der Waals surface area contributed by atoms with Crippen LogP contribution < -0.4 is 0 Å². The molecule has 0 saturated carbocycles. The maximum absolute atomic E-state index is 12.3. The van der Waals surface area contributed by atoms with Crippen LogP contribution in [0.25, 0.3) is 0 Å². The third-order valence-electron chi connectivity index (χ3n) is 4.07. The van der Waals surface area contributed by atoms with E-state index < -0.39 is 0 Å². The molecule has 3 heterocycles. The highest BCUT2D eigenvalue weighted by Gasteiger charge is 2.32. The lowest BCUT2D eigenvalue weighted by Crippen LogP contribution is -2.45. The minimum absolute atomic E-state index is 0.0586. The van der Waals surface area contributed by atoms with Crippen molar-refractivity contribution in [2.45, 2.75) is 25.8 Å². The number of hydrogen-bond donors (Lipinski definition) is 1. The van der Waals surface area contributed by atoms with Crippen molar-refractivity contribution in [1.82, 2.24) is 25.0 Å². The van der Waals surface area contributed by atoms with Gasteiger partial charge in [0.05, 0.1) is 13.2 Å². The summed E-state index contributed by atoms with van der Waals surface area (Å²) in [6.45, 7) is 7.07. The van der Waals surface area contributed by atoms with E-state index >= 15 is 0 Å². The molecule has 0 aromatic carbocycles. The Kier molecular flexibility index (Phi) is 3.98. The first-order valence-corrected chi connectivity index (χ1v) is 7.30. The van der Waals surface area contributed by atoms with Crippen LogP contribution in [0.1, 0.15) is 29.8 Å². The molecule has 1 atom stereocenters. The van der Waals surface area contributed by atoms with E-state index in [4.69, 9.17) is 4.74 Å². The first kappa shape index (κ1) is 13.5. The van der Waals surface area contributed by atoms with Crippen molar-refractivity contribution in [3.63, 3.8) is 0 Å². The number of hydrogen-bond acceptors (Lipinski definition) is 5. The normalized spacial score (nSPS) is 24.2. The van der Waals surface area contributed by atoms with Crippen LogP contribution in [0.4, 0.5) is 0 Å². The summed E-state index contributed by atoms with van der Waals surface area (Å²) >= 11 is 0. The van der Waals surface area contributed by atoms with Gasteiger partial charge in [-0.05, 0) is 6.42 Å². The summed E-state index contributed by atoms with van der Waals surface area (Å²) in [6, 6.07) is 0.451. The second-order valence-corrected chi connectivity index (χ2v) is 5.30. The highest BCUT2D eigenvalue weighted by atomic mass is 16.5. The zero-order valence-electron chi connectivity index (χ0n) is 11.8. The fourth-order valence-electron chi connectivity index (χ4n) is 2.86. The fraction of sp³-hybridized carbons (Fsp3) is 0.769. The van der Waals surface area contributed by atoms with Crippen molar-refractivity contribution in [3.8, 4) is 0 Å². The molecule has 0 radical (unpaired) electrons. The molecule has 1 aromatic heterocycles. The maximum Gasteiger partial charge on any atom is 0.293 e. The molecular formula is C13H21N5O2. The van der Waals surface area contributed by atoms with Crippen LogP contribution in [-0.2, 0) is 11.2 Å². The van der Waals surface area contributed by atoms with Gasteiger partial charge in [0.1, 0.15) is 5.82 Å². The molecule has 2 aliphatic heterocycles. The summed E-state index contributed by atoms with van der Waals surface area (Å²) in [4.78, 5) is 20.8. The van der Waals surface area contributed by atoms with Crippen molar-refractivity contribution in [1.29, 1.82) is 0 Å². The van der Waals surface area contributed by atoms with Gasteiger partial charge in [-0.3, -0.25) is 14.8 Å². The maximum atomic E-state index is 12.3. The Hall–Kier alpha value is -1.47. The number of rotatable bonds is 3. The van der Waals surface area contributed by atoms with Crippen molar-refractivity contribution in [3.05, 3.63) is 11.6 Å². The average molecular weight is 279 g/mol. The fourth-order valence-corrected chi connectivity index (χ4v) is 2.86. The highest BCUT2D eigenvalue weighted by molar-refractivity contribution is 5.90. The number of aryl methyl sites for hydroxylation is 1. The van der Waals surface area contributed by atoms with Gasteiger partial charge in [0.2, 0.25) is 5.82 Å². The predicted octanol–water partition coefficient (Wildman–Crippen LogP) is -0.0862. The first-order chi connectivity index (χ1) is 9.78. The monoisotopic (exact) mass is 279 g/mol. The highest BCUT2D eigenvalue weighted by Crippen LogP contribution is 2.18. The van der Waals surface area contributed by atoms with Crippen molar-refractivity contribution < 1.29 is 9.53 Å².